The maximum Gasteiger partial charge on any atom is 0.251 e. The number of nitrogens with one attached hydrogen (secondary N) is 1. The van der Waals surface area contributed by atoms with Gasteiger partial charge in [-0.15, -0.1) is 0 Å². The number of hydrogen-bond donors (Lipinski definition) is 1. The molecule has 1 N–H and O–H groups in total. The summed E-state index contributed by atoms with van der Waals surface area (Å²) in [6.07, 6.45) is 1.85. The van der Waals surface area contributed by atoms with E-state index in [2.05, 4.69) is 14.9 Å². The Morgan fingerprint density at radius 3 is 3.00 bits per heavy atom. The van der Waals surface area contributed by atoms with Crippen LogP contribution in [-0.2, 0) is 6.54 Å². The molecule has 0 radical (unpaired) electrons. The Morgan fingerprint density at radius 1 is 1.39 bits per heavy atom. The maximum atomic E-state index is 13.8. The molecule has 1 aromatic carbocycles. The van der Waals surface area contributed by atoms with Gasteiger partial charge < -0.3 is 4.98 Å². The molecule has 1 fully saturated rings. The van der Waals surface area contributed by atoms with Crippen molar-refractivity contribution in [1.29, 1.82) is 0 Å². The second kappa shape index (κ2) is 6.58. The number of aryl methyl sites for hydroxylation is 1. The summed E-state index contributed by atoms with van der Waals surface area (Å²) in [7, 11) is 0. The molecule has 1 saturated heterocycles. The summed E-state index contributed by atoms with van der Waals surface area (Å²) >= 11 is 0. The molecule has 23 heavy (non-hydrogen) atoms. The second-order valence-electron chi connectivity index (χ2n) is 6.06. The number of H-pyrrole nitrogens is 1. The topological polar surface area (TPSA) is 49.0 Å². The van der Waals surface area contributed by atoms with E-state index in [-0.39, 0.29) is 11.5 Å². The van der Waals surface area contributed by atoms with E-state index in [9.17, 15) is 13.6 Å². The highest BCUT2D eigenvalue weighted by Crippen LogP contribution is 2.25. The van der Waals surface area contributed by atoms with Gasteiger partial charge in [-0.3, -0.25) is 9.69 Å². The van der Waals surface area contributed by atoms with Gasteiger partial charge in [0.2, 0.25) is 0 Å². The average Bonchev–Trinajstić information content (AvgIpc) is 2.51. The first-order valence-electron chi connectivity index (χ1n) is 7.76. The first-order valence-corrected chi connectivity index (χ1v) is 7.76. The smallest absolute Gasteiger partial charge is 0.251 e. The number of halogens is 2. The monoisotopic (exact) mass is 319 g/mol. The average molecular weight is 319 g/mol. The van der Waals surface area contributed by atoms with Gasteiger partial charge in [0.25, 0.3) is 5.56 Å². The third kappa shape index (κ3) is 3.64. The highest BCUT2D eigenvalue weighted by atomic mass is 19.2. The molecule has 2 heterocycles. The number of likely N-dealkylation sites (tertiary alicyclic amines) is 1. The number of aromatic amines is 1. The molecule has 1 unspecified atom stereocenters. The first kappa shape index (κ1) is 15.8. The minimum absolute atomic E-state index is 0.105. The molecule has 0 spiro atoms. The van der Waals surface area contributed by atoms with Crippen LogP contribution in [0.5, 0.6) is 0 Å². The van der Waals surface area contributed by atoms with E-state index in [1.807, 2.05) is 0 Å². The fourth-order valence-corrected chi connectivity index (χ4v) is 3.13. The number of hydrogen-bond acceptors (Lipinski definition) is 3. The van der Waals surface area contributed by atoms with E-state index in [1.165, 1.54) is 12.1 Å². The van der Waals surface area contributed by atoms with Gasteiger partial charge in [-0.25, -0.2) is 13.8 Å². The molecular weight excluding hydrogens is 300 g/mol. The van der Waals surface area contributed by atoms with Gasteiger partial charge >= 0.3 is 0 Å². The summed E-state index contributed by atoms with van der Waals surface area (Å²) in [5.74, 6) is -0.815. The Balaban J connectivity index is 1.75. The van der Waals surface area contributed by atoms with E-state index < -0.39 is 11.6 Å². The van der Waals surface area contributed by atoms with Crippen LogP contribution >= 0.6 is 0 Å². The lowest BCUT2D eigenvalue weighted by Crippen LogP contribution is -2.35. The maximum absolute atomic E-state index is 13.8. The summed E-state index contributed by atoms with van der Waals surface area (Å²) in [5, 5.41) is 0. The van der Waals surface area contributed by atoms with Gasteiger partial charge in [0.05, 0.1) is 0 Å². The molecule has 1 aromatic heterocycles. The number of benzene rings is 1. The summed E-state index contributed by atoms with van der Waals surface area (Å²) in [6, 6.07) is 5.72. The molecule has 1 aliphatic heterocycles. The molecule has 3 rings (SSSR count). The molecule has 1 aliphatic rings. The molecule has 122 valence electrons. The van der Waals surface area contributed by atoms with Crippen LogP contribution in [0.2, 0.25) is 0 Å². The highest BCUT2D eigenvalue weighted by Gasteiger charge is 2.24. The van der Waals surface area contributed by atoms with Crippen LogP contribution in [0.1, 0.15) is 35.8 Å². The van der Waals surface area contributed by atoms with E-state index >= 15 is 0 Å². The van der Waals surface area contributed by atoms with Crippen molar-refractivity contribution >= 4 is 0 Å². The van der Waals surface area contributed by atoms with Gasteiger partial charge in [-0.2, -0.15) is 0 Å². The zero-order valence-corrected chi connectivity index (χ0v) is 13.0. The van der Waals surface area contributed by atoms with Crippen LogP contribution in [0, 0.1) is 18.6 Å². The van der Waals surface area contributed by atoms with Crippen LogP contribution in [0.25, 0.3) is 0 Å². The minimum Gasteiger partial charge on any atom is -0.310 e. The molecule has 0 saturated carbocycles. The van der Waals surface area contributed by atoms with Crippen molar-refractivity contribution in [3.8, 4) is 0 Å². The van der Waals surface area contributed by atoms with Crippen molar-refractivity contribution in [3.63, 3.8) is 0 Å². The third-order valence-electron chi connectivity index (χ3n) is 4.21. The zero-order valence-electron chi connectivity index (χ0n) is 13.0. The van der Waals surface area contributed by atoms with Crippen molar-refractivity contribution in [1.82, 2.24) is 14.9 Å². The Bertz CT molecular complexity index is 760. The molecule has 1 atom stereocenters. The van der Waals surface area contributed by atoms with Gasteiger partial charge in [0, 0.05) is 36.3 Å². The predicted octanol–water partition coefficient (Wildman–Crippen LogP) is 2.74. The van der Waals surface area contributed by atoms with Gasteiger partial charge in [0.15, 0.2) is 11.6 Å². The van der Waals surface area contributed by atoms with Crippen LogP contribution in [0.4, 0.5) is 8.78 Å². The summed E-state index contributed by atoms with van der Waals surface area (Å²) < 4.78 is 27.1. The van der Waals surface area contributed by atoms with E-state index in [1.54, 1.807) is 13.0 Å². The summed E-state index contributed by atoms with van der Waals surface area (Å²) in [5.41, 5.74) is 0.897. The van der Waals surface area contributed by atoms with Crippen molar-refractivity contribution in [2.75, 3.05) is 13.1 Å². The quantitative estimate of drug-likeness (QED) is 0.946. The lowest BCUT2D eigenvalue weighted by atomic mass is 9.96. The third-order valence-corrected chi connectivity index (χ3v) is 4.21. The Morgan fingerprint density at radius 2 is 2.22 bits per heavy atom. The van der Waals surface area contributed by atoms with E-state index in [4.69, 9.17) is 0 Å². The standard InChI is InChI=1S/C17H19F2N3O/c1-11-8-15(23)21-17(20-11)13-5-3-7-22(10-13)9-12-4-2-6-14(18)16(12)19/h2,4,6,8,13H,3,5,7,9-10H2,1H3,(H,20,21,23). The molecule has 6 heteroatoms. The van der Waals surface area contributed by atoms with Crippen molar-refractivity contribution in [3.05, 3.63) is 63.3 Å². The lowest BCUT2D eigenvalue weighted by Gasteiger charge is -2.32. The number of nitrogens with zero attached hydrogens (tertiary/aromatic N) is 2. The van der Waals surface area contributed by atoms with Gasteiger partial charge in [-0.05, 0) is 32.4 Å². The van der Waals surface area contributed by atoms with Crippen LogP contribution in [-0.4, -0.2) is 28.0 Å². The Hall–Kier alpha value is -2.08. The fourth-order valence-electron chi connectivity index (χ4n) is 3.13. The van der Waals surface area contributed by atoms with Crippen LogP contribution < -0.4 is 5.56 Å². The molecule has 2 aromatic rings. The van der Waals surface area contributed by atoms with E-state index in [0.29, 0.717) is 30.2 Å². The molecule has 0 amide bonds. The van der Waals surface area contributed by atoms with Gasteiger partial charge in [0.1, 0.15) is 5.82 Å². The minimum atomic E-state index is -0.819. The number of rotatable bonds is 3. The van der Waals surface area contributed by atoms with Crippen molar-refractivity contribution in [2.45, 2.75) is 32.2 Å². The van der Waals surface area contributed by atoms with Crippen molar-refractivity contribution in [2.24, 2.45) is 0 Å². The van der Waals surface area contributed by atoms with Crippen molar-refractivity contribution < 1.29 is 8.78 Å². The van der Waals surface area contributed by atoms with Gasteiger partial charge in [-0.1, -0.05) is 12.1 Å². The number of aromatic nitrogens is 2. The normalized spacial score (nSPS) is 19.0. The van der Waals surface area contributed by atoms with E-state index in [0.717, 1.165) is 25.5 Å². The number of piperidine rings is 1. The molecule has 0 aliphatic carbocycles. The van der Waals surface area contributed by atoms with Crippen LogP contribution in [0.15, 0.2) is 29.1 Å². The predicted molar refractivity (Wildman–Crippen MR) is 83.2 cm³/mol. The SMILES string of the molecule is Cc1cc(=O)[nH]c(C2CCCN(Cc3cccc(F)c3F)C2)n1. The summed E-state index contributed by atoms with van der Waals surface area (Å²) in [4.78, 5) is 20.9. The largest absolute Gasteiger partial charge is 0.310 e. The fraction of sp³-hybridized carbons (Fsp3) is 0.412. The van der Waals surface area contributed by atoms with Crippen LogP contribution in [0.3, 0.4) is 0 Å². The lowest BCUT2D eigenvalue weighted by molar-refractivity contribution is 0.193. The molecule has 4 nitrogen and oxygen atoms in total. The Kier molecular flexibility index (Phi) is 4.52. The Labute approximate surface area is 133 Å². The molecular formula is C17H19F2N3O. The first-order chi connectivity index (χ1) is 11.0. The zero-order chi connectivity index (χ0) is 16.4. The summed E-state index contributed by atoms with van der Waals surface area (Å²) in [6.45, 7) is 3.64. The molecule has 0 bridgehead atoms. The second-order valence-corrected chi connectivity index (χ2v) is 6.06. The highest BCUT2D eigenvalue weighted by molar-refractivity contribution is 5.19.